The Kier molecular flexibility index (Phi) is 5.76. The van der Waals surface area contributed by atoms with Crippen molar-refractivity contribution in [2.75, 3.05) is 19.8 Å². The molecule has 0 aromatic heterocycles. The summed E-state index contributed by atoms with van der Waals surface area (Å²) in [6.45, 7) is 6.05. The average Bonchev–Trinajstić information content (AvgIpc) is 2.49. The highest BCUT2D eigenvalue weighted by molar-refractivity contribution is 5.94. The Morgan fingerprint density at radius 2 is 2.24 bits per heavy atom. The lowest BCUT2D eigenvalue weighted by Gasteiger charge is -2.35. The van der Waals surface area contributed by atoms with Crippen molar-refractivity contribution in [3.05, 3.63) is 29.3 Å². The van der Waals surface area contributed by atoms with Crippen LogP contribution in [0.3, 0.4) is 0 Å². The predicted molar refractivity (Wildman–Crippen MR) is 82.8 cm³/mol. The monoisotopic (exact) mass is 291 g/mol. The molecule has 116 valence electrons. The largest absolute Gasteiger partial charge is 0.494 e. The predicted octanol–water partition coefficient (Wildman–Crippen LogP) is 2.63. The molecule has 0 spiro atoms. The number of hydrogen-bond donors (Lipinski definition) is 1. The van der Waals surface area contributed by atoms with Gasteiger partial charge in [0.15, 0.2) is 5.78 Å². The van der Waals surface area contributed by atoms with Crippen LogP contribution >= 0.6 is 0 Å². The molecule has 0 amide bonds. The molecule has 1 aromatic rings. The van der Waals surface area contributed by atoms with Gasteiger partial charge in [0.2, 0.25) is 0 Å². The minimum atomic E-state index is 0.0663. The van der Waals surface area contributed by atoms with Crippen LogP contribution in [-0.2, 0) is 6.54 Å². The second-order valence-corrected chi connectivity index (χ2v) is 5.61. The highest BCUT2D eigenvalue weighted by Crippen LogP contribution is 2.26. The van der Waals surface area contributed by atoms with Gasteiger partial charge in [-0.25, -0.2) is 0 Å². The summed E-state index contributed by atoms with van der Waals surface area (Å²) >= 11 is 0. The van der Waals surface area contributed by atoms with Crippen LogP contribution in [0.1, 0.15) is 49.0 Å². The number of nitrogens with zero attached hydrogens (tertiary/aromatic N) is 1. The molecule has 0 bridgehead atoms. The van der Waals surface area contributed by atoms with Gasteiger partial charge in [-0.2, -0.15) is 0 Å². The van der Waals surface area contributed by atoms with Crippen LogP contribution in [0.2, 0.25) is 0 Å². The Hall–Kier alpha value is -1.39. The summed E-state index contributed by atoms with van der Waals surface area (Å²) in [5.41, 5.74) is 1.75. The molecule has 0 saturated carbocycles. The number of rotatable bonds is 6. The van der Waals surface area contributed by atoms with Gasteiger partial charge in [0.1, 0.15) is 5.75 Å². The van der Waals surface area contributed by atoms with E-state index in [2.05, 4.69) is 4.90 Å². The van der Waals surface area contributed by atoms with E-state index in [0.29, 0.717) is 12.2 Å². The molecule has 1 atom stereocenters. The summed E-state index contributed by atoms with van der Waals surface area (Å²) in [5.74, 6) is 0.904. The van der Waals surface area contributed by atoms with Crippen molar-refractivity contribution >= 4 is 5.78 Å². The number of ketones is 1. The topological polar surface area (TPSA) is 49.8 Å². The van der Waals surface area contributed by atoms with E-state index in [9.17, 15) is 9.90 Å². The van der Waals surface area contributed by atoms with Gasteiger partial charge in [0.25, 0.3) is 0 Å². The molecule has 2 rings (SSSR count). The first-order valence-corrected chi connectivity index (χ1v) is 7.77. The van der Waals surface area contributed by atoms with Crippen LogP contribution in [0.5, 0.6) is 5.75 Å². The first-order valence-electron chi connectivity index (χ1n) is 7.77. The van der Waals surface area contributed by atoms with Crippen molar-refractivity contribution in [2.45, 2.75) is 45.7 Å². The molecular formula is C17H25NO3. The van der Waals surface area contributed by atoms with Crippen molar-refractivity contribution in [1.82, 2.24) is 4.90 Å². The molecule has 4 heteroatoms. The van der Waals surface area contributed by atoms with Gasteiger partial charge in [-0.15, -0.1) is 0 Å². The lowest BCUT2D eigenvalue weighted by atomic mass is 10.0. The fourth-order valence-corrected chi connectivity index (χ4v) is 2.91. The molecule has 4 nitrogen and oxygen atoms in total. The Morgan fingerprint density at radius 3 is 2.90 bits per heavy atom. The number of Topliss-reactive ketones (excluding diaryl/α,β-unsaturated/α-hetero) is 1. The second kappa shape index (κ2) is 7.57. The number of benzene rings is 1. The minimum Gasteiger partial charge on any atom is -0.494 e. The van der Waals surface area contributed by atoms with Crippen LogP contribution in [0, 0.1) is 0 Å². The van der Waals surface area contributed by atoms with Crippen LogP contribution in [0.4, 0.5) is 0 Å². The number of likely N-dealkylation sites (tertiary alicyclic amines) is 1. The van der Waals surface area contributed by atoms with E-state index >= 15 is 0 Å². The third-order valence-electron chi connectivity index (χ3n) is 4.10. The Bertz CT molecular complexity index is 487. The third-order valence-corrected chi connectivity index (χ3v) is 4.10. The number of aliphatic hydroxyl groups excluding tert-OH is 1. The van der Waals surface area contributed by atoms with Gasteiger partial charge < -0.3 is 9.84 Å². The zero-order valence-electron chi connectivity index (χ0n) is 13.0. The molecule has 1 heterocycles. The van der Waals surface area contributed by atoms with Gasteiger partial charge in [-0.3, -0.25) is 9.69 Å². The maximum Gasteiger partial charge on any atom is 0.159 e. The van der Waals surface area contributed by atoms with Gasteiger partial charge in [0, 0.05) is 23.7 Å². The fraction of sp³-hybridized carbons (Fsp3) is 0.588. The smallest absolute Gasteiger partial charge is 0.159 e. The second-order valence-electron chi connectivity index (χ2n) is 5.61. The number of ether oxygens (including phenoxy) is 1. The fourth-order valence-electron chi connectivity index (χ4n) is 2.91. The zero-order valence-corrected chi connectivity index (χ0v) is 13.0. The number of carbonyl (C=O) groups is 1. The lowest BCUT2D eigenvalue weighted by Crippen LogP contribution is -2.41. The summed E-state index contributed by atoms with van der Waals surface area (Å²) in [7, 11) is 0. The van der Waals surface area contributed by atoms with Gasteiger partial charge in [0.05, 0.1) is 13.2 Å². The van der Waals surface area contributed by atoms with E-state index in [1.165, 1.54) is 6.42 Å². The number of carbonyl (C=O) groups excluding carboxylic acids is 1. The highest BCUT2D eigenvalue weighted by Gasteiger charge is 2.23. The van der Waals surface area contributed by atoms with Crippen LogP contribution < -0.4 is 4.74 Å². The maximum atomic E-state index is 11.6. The zero-order chi connectivity index (χ0) is 15.2. The number of piperidine rings is 1. The standard InChI is InChI=1S/C17H25NO3/c1-3-21-17-8-7-14(13(2)20)10-15(17)11-18-9-5-4-6-16(18)12-19/h7-8,10,16,19H,3-6,9,11-12H2,1-2H3. The average molecular weight is 291 g/mol. The Morgan fingerprint density at radius 1 is 1.43 bits per heavy atom. The Labute approximate surface area is 126 Å². The molecular weight excluding hydrogens is 266 g/mol. The summed E-state index contributed by atoms with van der Waals surface area (Å²) in [6.07, 6.45) is 3.37. The van der Waals surface area contributed by atoms with E-state index in [0.717, 1.165) is 37.2 Å². The molecule has 1 aliphatic rings. The van der Waals surface area contributed by atoms with Gasteiger partial charge >= 0.3 is 0 Å². The summed E-state index contributed by atoms with van der Waals surface area (Å²) in [4.78, 5) is 13.9. The molecule has 1 saturated heterocycles. The van der Waals surface area contributed by atoms with E-state index in [-0.39, 0.29) is 18.4 Å². The molecule has 21 heavy (non-hydrogen) atoms. The normalized spacial score (nSPS) is 19.5. The molecule has 1 aliphatic heterocycles. The molecule has 1 unspecified atom stereocenters. The van der Waals surface area contributed by atoms with Crippen molar-refractivity contribution in [3.8, 4) is 5.75 Å². The molecule has 1 fully saturated rings. The van der Waals surface area contributed by atoms with Gasteiger partial charge in [-0.1, -0.05) is 6.42 Å². The lowest BCUT2D eigenvalue weighted by molar-refractivity contribution is 0.0831. The van der Waals surface area contributed by atoms with Crippen molar-refractivity contribution < 1.29 is 14.6 Å². The van der Waals surface area contributed by atoms with E-state index < -0.39 is 0 Å². The van der Waals surface area contributed by atoms with Crippen molar-refractivity contribution in [2.24, 2.45) is 0 Å². The number of hydrogen-bond acceptors (Lipinski definition) is 4. The molecule has 1 aromatic carbocycles. The maximum absolute atomic E-state index is 11.6. The Balaban J connectivity index is 2.22. The molecule has 0 radical (unpaired) electrons. The summed E-state index contributed by atoms with van der Waals surface area (Å²) < 4.78 is 5.68. The first-order chi connectivity index (χ1) is 10.2. The molecule has 1 N–H and O–H groups in total. The molecule has 0 aliphatic carbocycles. The third kappa shape index (κ3) is 4.05. The van der Waals surface area contributed by atoms with Crippen molar-refractivity contribution in [3.63, 3.8) is 0 Å². The first kappa shape index (κ1) is 16.0. The minimum absolute atomic E-state index is 0.0663. The van der Waals surface area contributed by atoms with E-state index in [4.69, 9.17) is 4.74 Å². The van der Waals surface area contributed by atoms with Crippen LogP contribution in [0.25, 0.3) is 0 Å². The van der Waals surface area contributed by atoms with E-state index in [1.54, 1.807) is 6.92 Å². The van der Waals surface area contributed by atoms with Crippen molar-refractivity contribution in [1.29, 1.82) is 0 Å². The number of aliphatic hydroxyl groups is 1. The van der Waals surface area contributed by atoms with Crippen LogP contribution in [-0.4, -0.2) is 41.6 Å². The highest BCUT2D eigenvalue weighted by atomic mass is 16.5. The summed E-state index contributed by atoms with van der Waals surface area (Å²) in [6, 6.07) is 5.84. The SMILES string of the molecule is CCOc1ccc(C(C)=O)cc1CN1CCCCC1CO. The van der Waals surface area contributed by atoms with Gasteiger partial charge in [-0.05, 0) is 51.4 Å². The summed E-state index contributed by atoms with van der Waals surface area (Å²) in [5, 5.41) is 9.53. The van der Waals surface area contributed by atoms with E-state index in [1.807, 2.05) is 25.1 Å². The van der Waals surface area contributed by atoms with Crippen LogP contribution in [0.15, 0.2) is 18.2 Å². The quantitative estimate of drug-likeness (QED) is 0.819.